The van der Waals surface area contributed by atoms with E-state index in [9.17, 15) is 5.11 Å². The zero-order chi connectivity index (χ0) is 16.5. The Morgan fingerprint density at radius 1 is 1.17 bits per heavy atom. The SMILES string of the molecule is COCc1ccccc1NC(N)=NCC(O)Cc1ccccc1. The van der Waals surface area contributed by atoms with Gasteiger partial charge in [0.05, 0.1) is 19.3 Å². The van der Waals surface area contributed by atoms with Crippen LogP contribution in [-0.4, -0.2) is 30.8 Å². The van der Waals surface area contributed by atoms with Gasteiger partial charge < -0.3 is 20.9 Å². The minimum absolute atomic E-state index is 0.250. The highest BCUT2D eigenvalue weighted by atomic mass is 16.5. The number of aliphatic hydroxyl groups excluding tert-OH is 1. The van der Waals surface area contributed by atoms with Gasteiger partial charge in [0.1, 0.15) is 0 Å². The van der Waals surface area contributed by atoms with E-state index in [0.717, 1.165) is 16.8 Å². The molecule has 0 amide bonds. The van der Waals surface area contributed by atoms with Gasteiger partial charge in [-0.3, -0.25) is 4.99 Å². The third kappa shape index (κ3) is 5.73. The van der Waals surface area contributed by atoms with E-state index in [0.29, 0.717) is 13.0 Å². The zero-order valence-corrected chi connectivity index (χ0v) is 13.3. The maximum Gasteiger partial charge on any atom is 0.193 e. The van der Waals surface area contributed by atoms with E-state index in [1.54, 1.807) is 7.11 Å². The molecule has 0 aromatic heterocycles. The number of nitrogens with zero attached hydrogens (tertiary/aromatic N) is 1. The molecule has 0 aliphatic heterocycles. The molecule has 0 saturated carbocycles. The average molecular weight is 313 g/mol. The van der Waals surface area contributed by atoms with Gasteiger partial charge in [0.25, 0.3) is 0 Å². The van der Waals surface area contributed by atoms with Crippen LogP contribution in [-0.2, 0) is 17.8 Å². The van der Waals surface area contributed by atoms with Crippen LogP contribution in [0.25, 0.3) is 0 Å². The van der Waals surface area contributed by atoms with E-state index < -0.39 is 6.10 Å². The molecule has 122 valence electrons. The Morgan fingerprint density at radius 2 is 1.87 bits per heavy atom. The molecular formula is C18H23N3O2. The van der Waals surface area contributed by atoms with Gasteiger partial charge in [0.15, 0.2) is 5.96 Å². The Bertz CT molecular complexity index is 629. The molecule has 0 saturated heterocycles. The standard InChI is InChI=1S/C18H23N3O2/c1-23-13-15-9-5-6-10-17(15)21-18(19)20-12-16(22)11-14-7-3-2-4-8-14/h2-10,16,22H,11-13H2,1H3,(H3,19,20,21). The third-order valence-electron chi connectivity index (χ3n) is 3.37. The molecule has 2 aromatic rings. The minimum atomic E-state index is -0.563. The molecule has 0 heterocycles. The Balaban J connectivity index is 1.90. The van der Waals surface area contributed by atoms with Gasteiger partial charge in [-0.1, -0.05) is 48.5 Å². The molecule has 5 heteroatoms. The number of hydrogen-bond donors (Lipinski definition) is 3. The summed E-state index contributed by atoms with van der Waals surface area (Å²) in [6.07, 6.45) is -0.00954. The van der Waals surface area contributed by atoms with E-state index in [-0.39, 0.29) is 12.5 Å². The van der Waals surface area contributed by atoms with Crippen LogP contribution in [0, 0.1) is 0 Å². The van der Waals surface area contributed by atoms with Crippen LogP contribution in [0.4, 0.5) is 5.69 Å². The normalized spacial score (nSPS) is 12.9. The van der Waals surface area contributed by atoms with Crippen LogP contribution in [0.1, 0.15) is 11.1 Å². The molecule has 0 radical (unpaired) electrons. The number of methoxy groups -OCH3 is 1. The van der Waals surface area contributed by atoms with Crippen molar-refractivity contribution >= 4 is 11.6 Å². The number of rotatable bonds is 7. The third-order valence-corrected chi connectivity index (χ3v) is 3.37. The van der Waals surface area contributed by atoms with E-state index in [1.807, 2.05) is 54.6 Å². The summed E-state index contributed by atoms with van der Waals surface area (Å²) >= 11 is 0. The van der Waals surface area contributed by atoms with Crippen molar-refractivity contribution in [3.63, 3.8) is 0 Å². The zero-order valence-electron chi connectivity index (χ0n) is 13.3. The predicted molar refractivity (Wildman–Crippen MR) is 93.4 cm³/mol. The molecule has 23 heavy (non-hydrogen) atoms. The van der Waals surface area contributed by atoms with Crippen molar-refractivity contribution in [1.29, 1.82) is 0 Å². The average Bonchev–Trinajstić information content (AvgIpc) is 2.56. The highest BCUT2D eigenvalue weighted by Gasteiger charge is 2.06. The van der Waals surface area contributed by atoms with Gasteiger partial charge >= 0.3 is 0 Å². The van der Waals surface area contributed by atoms with Gasteiger partial charge in [-0.2, -0.15) is 0 Å². The lowest BCUT2D eigenvalue weighted by Gasteiger charge is -2.12. The summed E-state index contributed by atoms with van der Waals surface area (Å²) in [4.78, 5) is 4.21. The summed E-state index contributed by atoms with van der Waals surface area (Å²) in [5.41, 5.74) is 8.83. The number of para-hydroxylation sites is 1. The Labute approximate surface area is 136 Å². The van der Waals surface area contributed by atoms with E-state index in [4.69, 9.17) is 10.5 Å². The number of anilines is 1. The van der Waals surface area contributed by atoms with Crippen molar-refractivity contribution in [3.8, 4) is 0 Å². The molecule has 0 bridgehead atoms. The highest BCUT2D eigenvalue weighted by molar-refractivity contribution is 5.92. The van der Waals surface area contributed by atoms with Crippen LogP contribution in [0.5, 0.6) is 0 Å². The highest BCUT2D eigenvalue weighted by Crippen LogP contribution is 2.15. The Morgan fingerprint density at radius 3 is 2.61 bits per heavy atom. The van der Waals surface area contributed by atoms with Crippen molar-refractivity contribution in [2.24, 2.45) is 10.7 Å². The smallest absolute Gasteiger partial charge is 0.193 e. The fourth-order valence-corrected chi connectivity index (χ4v) is 2.26. The van der Waals surface area contributed by atoms with Crippen LogP contribution < -0.4 is 11.1 Å². The first-order valence-corrected chi connectivity index (χ1v) is 7.55. The maximum absolute atomic E-state index is 10.0. The van der Waals surface area contributed by atoms with Crippen molar-refractivity contribution < 1.29 is 9.84 Å². The van der Waals surface area contributed by atoms with E-state index >= 15 is 0 Å². The number of nitrogens with one attached hydrogen (secondary N) is 1. The van der Waals surface area contributed by atoms with Gasteiger partial charge in [-0.25, -0.2) is 0 Å². The second kappa shape index (κ2) is 8.92. The van der Waals surface area contributed by atoms with Gasteiger partial charge in [0.2, 0.25) is 0 Å². The van der Waals surface area contributed by atoms with Gasteiger partial charge in [-0.05, 0) is 11.6 Å². The quantitative estimate of drug-likeness (QED) is 0.540. The maximum atomic E-state index is 10.0. The second-order valence-electron chi connectivity index (χ2n) is 5.28. The molecule has 5 nitrogen and oxygen atoms in total. The summed E-state index contributed by atoms with van der Waals surface area (Å²) in [6.45, 7) is 0.743. The number of ether oxygens (including phenoxy) is 1. The summed E-state index contributed by atoms with van der Waals surface area (Å²) in [7, 11) is 1.65. The fraction of sp³-hybridized carbons (Fsp3) is 0.278. The first-order valence-electron chi connectivity index (χ1n) is 7.55. The molecule has 2 rings (SSSR count). The Kier molecular flexibility index (Phi) is 6.59. The number of aliphatic hydroxyl groups is 1. The number of guanidine groups is 1. The molecule has 0 aliphatic rings. The number of benzene rings is 2. The summed E-state index contributed by atoms with van der Waals surface area (Å²) in [6, 6.07) is 17.6. The lowest BCUT2D eigenvalue weighted by molar-refractivity contribution is 0.184. The summed E-state index contributed by atoms with van der Waals surface area (Å²) < 4.78 is 5.15. The monoisotopic (exact) mass is 313 g/mol. The molecule has 1 unspecified atom stereocenters. The van der Waals surface area contributed by atoms with Crippen LogP contribution >= 0.6 is 0 Å². The van der Waals surface area contributed by atoms with Crippen molar-refractivity contribution in [2.75, 3.05) is 19.0 Å². The van der Waals surface area contributed by atoms with Crippen LogP contribution in [0.2, 0.25) is 0 Å². The molecule has 0 fully saturated rings. The first-order chi connectivity index (χ1) is 11.2. The number of nitrogens with two attached hydrogens (primary N) is 1. The number of aliphatic imine (C=N–C) groups is 1. The minimum Gasteiger partial charge on any atom is -0.391 e. The molecular weight excluding hydrogens is 290 g/mol. The molecule has 0 aliphatic carbocycles. The Hall–Kier alpha value is -2.37. The predicted octanol–water partition coefficient (Wildman–Crippen LogP) is 2.16. The lowest BCUT2D eigenvalue weighted by Crippen LogP contribution is -2.26. The van der Waals surface area contributed by atoms with E-state index in [1.165, 1.54) is 0 Å². The second-order valence-corrected chi connectivity index (χ2v) is 5.28. The summed E-state index contributed by atoms with van der Waals surface area (Å²) in [5.74, 6) is 0.278. The van der Waals surface area contributed by atoms with E-state index in [2.05, 4.69) is 10.3 Å². The number of hydrogen-bond acceptors (Lipinski definition) is 3. The van der Waals surface area contributed by atoms with Crippen molar-refractivity contribution in [2.45, 2.75) is 19.1 Å². The van der Waals surface area contributed by atoms with Crippen LogP contribution in [0.15, 0.2) is 59.6 Å². The largest absolute Gasteiger partial charge is 0.391 e. The van der Waals surface area contributed by atoms with Crippen molar-refractivity contribution in [3.05, 3.63) is 65.7 Å². The fourth-order valence-electron chi connectivity index (χ4n) is 2.26. The summed E-state index contributed by atoms with van der Waals surface area (Å²) in [5, 5.41) is 13.1. The lowest BCUT2D eigenvalue weighted by atomic mass is 10.1. The first kappa shape index (κ1) is 17.0. The molecule has 2 aromatic carbocycles. The molecule has 1 atom stereocenters. The molecule has 4 N–H and O–H groups in total. The molecule has 0 spiro atoms. The van der Waals surface area contributed by atoms with Gasteiger partial charge in [0, 0.05) is 24.8 Å². The topological polar surface area (TPSA) is 79.9 Å². The van der Waals surface area contributed by atoms with Crippen LogP contribution in [0.3, 0.4) is 0 Å². The van der Waals surface area contributed by atoms with Crippen molar-refractivity contribution in [1.82, 2.24) is 0 Å². The van der Waals surface area contributed by atoms with Gasteiger partial charge in [-0.15, -0.1) is 0 Å².